The molecule has 0 aromatic rings. The van der Waals surface area contributed by atoms with Crippen LogP contribution in [0.3, 0.4) is 0 Å². The van der Waals surface area contributed by atoms with Crippen molar-refractivity contribution in [1.29, 1.82) is 0 Å². The second-order valence-corrected chi connectivity index (χ2v) is 14.1. The molecule has 51 heavy (non-hydrogen) atoms. The first-order valence-electron chi connectivity index (χ1n) is 19.7. The van der Waals surface area contributed by atoms with Gasteiger partial charge in [-0.15, -0.1) is 0 Å². The zero-order valence-corrected chi connectivity index (χ0v) is 32.9. The second kappa shape index (κ2) is 37.3. The Morgan fingerprint density at radius 1 is 0.529 bits per heavy atom. The maximum Gasteiger partial charge on any atom is 0.469 e. The van der Waals surface area contributed by atoms with E-state index in [2.05, 4.69) is 79.1 Å². The number of carbonyl (C=O) groups excluding carboxylic acids is 2. The molecule has 0 aliphatic rings. The fourth-order valence-electron chi connectivity index (χ4n) is 5.06. The molecule has 0 bridgehead atoms. The van der Waals surface area contributed by atoms with Crippen molar-refractivity contribution >= 4 is 19.8 Å². The van der Waals surface area contributed by atoms with Crippen LogP contribution < -0.4 is 0 Å². The van der Waals surface area contributed by atoms with Gasteiger partial charge in [-0.05, 0) is 70.6 Å². The van der Waals surface area contributed by atoms with Crippen LogP contribution in [0, 0.1) is 0 Å². The van der Waals surface area contributed by atoms with E-state index in [0.717, 1.165) is 64.2 Å². The smallest absolute Gasteiger partial charge is 0.462 e. The molecule has 0 fully saturated rings. The first kappa shape index (κ1) is 48.5. The lowest BCUT2D eigenvalue weighted by atomic mass is 10.1. The number of phosphoric ester groups is 1. The van der Waals surface area contributed by atoms with Crippen LogP contribution in [-0.4, -0.2) is 41.0 Å². The molecule has 0 saturated carbocycles. The van der Waals surface area contributed by atoms with Crippen LogP contribution in [0.15, 0.2) is 72.9 Å². The molecule has 9 heteroatoms. The number of esters is 2. The van der Waals surface area contributed by atoms with Crippen molar-refractivity contribution in [3.05, 3.63) is 72.9 Å². The zero-order valence-electron chi connectivity index (χ0n) is 32.0. The average molecular weight is 735 g/mol. The molecule has 8 nitrogen and oxygen atoms in total. The third-order valence-electron chi connectivity index (χ3n) is 7.97. The Labute approximate surface area is 310 Å². The highest BCUT2D eigenvalue weighted by Crippen LogP contribution is 2.35. The van der Waals surface area contributed by atoms with Crippen molar-refractivity contribution in [3.63, 3.8) is 0 Å². The third kappa shape index (κ3) is 40.1. The summed E-state index contributed by atoms with van der Waals surface area (Å²) < 4.78 is 26.2. The van der Waals surface area contributed by atoms with Crippen LogP contribution in [0.1, 0.15) is 162 Å². The average Bonchev–Trinajstić information content (AvgIpc) is 3.10. The van der Waals surface area contributed by atoms with E-state index in [4.69, 9.17) is 19.3 Å². The van der Waals surface area contributed by atoms with Crippen molar-refractivity contribution in [1.82, 2.24) is 0 Å². The summed E-state index contributed by atoms with van der Waals surface area (Å²) in [5, 5.41) is 0. The Kier molecular flexibility index (Phi) is 35.4. The summed E-state index contributed by atoms with van der Waals surface area (Å²) in [4.78, 5) is 42.7. The molecule has 0 amide bonds. The SMILES string of the molecule is CC/C=C/C/C=C/C/C=C/C/C=C/CCCCCCCCCC(=O)OCC(COP(=O)(O)O)OC(=O)CC/C=C/C/C=C/CCCCCCCC. The molecule has 0 spiro atoms. The van der Waals surface area contributed by atoms with E-state index in [1.165, 1.54) is 57.8 Å². The van der Waals surface area contributed by atoms with Gasteiger partial charge in [0.25, 0.3) is 0 Å². The second-order valence-electron chi connectivity index (χ2n) is 12.9. The van der Waals surface area contributed by atoms with Gasteiger partial charge in [-0.3, -0.25) is 14.1 Å². The number of hydrogen-bond donors (Lipinski definition) is 2. The quantitative estimate of drug-likeness (QED) is 0.0286. The van der Waals surface area contributed by atoms with Gasteiger partial charge in [-0.25, -0.2) is 4.57 Å². The molecular weight excluding hydrogens is 663 g/mol. The summed E-state index contributed by atoms with van der Waals surface area (Å²) in [6.07, 6.45) is 47.8. The summed E-state index contributed by atoms with van der Waals surface area (Å²) in [6.45, 7) is 3.49. The van der Waals surface area contributed by atoms with E-state index in [1.807, 2.05) is 12.2 Å². The molecule has 2 N–H and O–H groups in total. The summed E-state index contributed by atoms with van der Waals surface area (Å²) in [6, 6.07) is 0. The summed E-state index contributed by atoms with van der Waals surface area (Å²) in [5.41, 5.74) is 0. The standard InChI is InChI=1S/C42H71O8P/c1-3-5-7-9-11-13-15-17-18-19-20-21-22-23-25-26-28-30-32-34-36-41(43)48-38-40(39-49-51(45,46)47)50-42(44)37-35-33-31-29-27-24-16-14-12-10-8-6-4-2/h5,7,11,13,17-18,20-21,24,27,31,33,40H,3-4,6,8-10,12,14-16,19,22-23,25-26,28-30,32,34-39H2,1-2H3,(H2,45,46,47)/b7-5+,13-11+,18-17+,21-20+,27-24+,33-31+. The molecule has 0 saturated heterocycles. The molecule has 0 aliphatic carbocycles. The highest BCUT2D eigenvalue weighted by Gasteiger charge is 2.22. The van der Waals surface area contributed by atoms with Gasteiger partial charge in [-0.2, -0.15) is 0 Å². The van der Waals surface area contributed by atoms with Gasteiger partial charge >= 0.3 is 19.8 Å². The Morgan fingerprint density at radius 3 is 1.49 bits per heavy atom. The minimum absolute atomic E-state index is 0.1000. The minimum Gasteiger partial charge on any atom is -0.462 e. The summed E-state index contributed by atoms with van der Waals surface area (Å²) in [7, 11) is -4.77. The maximum absolute atomic E-state index is 12.3. The Morgan fingerprint density at radius 2 is 0.980 bits per heavy atom. The van der Waals surface area contributed by atoms with E-state index < -0.39 is 32.5 Å². The fraction of sp³-hybridized carbons (Fsp3) is 0.667. The molecule has 0 rings (SSSR count). The molecule has 0 radical (unpaired) electrons. The van der Waals surface area contributed by atoms with Gasteiger partial charge in [0, 0.05) is 12.8 Å². The number of ether oxygens (including phenoxy) is 2. The number of rotatable bonds is 35. The van der Waals surface area contributed by atoms with E-state index >= 15 is 0 Å². The van der Waals surface area contributed by atoms with E-state index in [1.54, 1.807) is 0 Å². The normalized spacial score (nSPS) is 13.3. The number of allylic oxidation sites excluding steroid dienone is 12. The van der Waals surface area contributed by atoms with Crippen molar-refractivity contribution in [3.8, 4) is 0 Å². The first-order valence-corrected chi connectivity index (χ1v) is 21.3. The van der Waals surface area contributed by atoms with Crippen LogP contribution in [-0.2, 0) is 28.2 Å². The molecule has 0 aliphatic heterocycles. The van der Waals surface area contributed by atoms with Crippen LogP contribution in [0.4, 0.5) is 0 Å². The summed E-state index contributed by atoms with van der Waals surface area (Å²) >= 11 is 0. The van der Waals surface area contributed by atoms with Crippen molar-refractivity contribution in [2.45, 2.75) is 168 Å². The molecule has 0 aromatic carbocycles. The van der Waals surface area contributed by atoms with Crippen LogP contribution in [0.2, 0.25) is 0 Å². The van der Waals surface area contributed by atoms with E-state index in [9.17, 15) is 14.2 Å². The molecule has 1 atom stereocenters. The van der Waals surface area contributed by atoms with Gasteiger partial charge in [0.05, 0.1) is 6.61 Å². The topological polar surface area (TPSA) is 119 Å². The Hall–Kier alpha value is -2.51. The van der Waals surface area contributed by atoms with Gasteiger partial charge < -0.3 is 19.3 Å². The number of phosphoric acid groups is 1. The van der Waals surface area contributed by atoms with E-state index in [-0.39, 0.29) is 19.4 Å². The Bertz CT molecular complexity index is 1050. The van der Waals surface area contributed by atoms with Gasteiger partial charge in [0.1, 0.15) is 6.61 Å². The van der Waals surface area contributed by atoms with Crippen LogP contribution >= 0.6 is 7.82 Å². The number of unbranched alkanes of at least 4 members (excludes halogenated alkanes) is 13. The lowest BCUT2D eigenvalue weighted by Crippen LogP contribution is -2.29. The lowest BCUT2D eigenvalue weighted by molar-refractivity contribution is -0.161. The molecule has 292 valence electrons. The molecule has 0 heterocycles. The van der Waals surface area contributed by atoms with Crippen molar-refractivity contribution in [2.75, 3.05) is 13.2 Å². The third-order valence-corrected chi connectivity index (χ3v) is 8.46. The van der Waals surface area contributed by atoms with Gasteiger partial charge in [-0.1, -0.05) is 151 Å². The van der Waals surface area contributed by atoms with Crippen LogP contribution in [0.25, 0.3) is 0 Å². The predicted molar refractivity (Wildman–Crippen MR) is 211 cm³/mol. The number of carbonyl (C=O) groups is 2. The maximum atomic E-state index is 12.3. The zero-order chi connectivity index (χ0) is 37.5. The fourth-order valence-corrected chi connectivity index (χ4v) is 5.42. The lowest BCUT2D eigenvalue weighted by Gasteiger charge is -2.18. The molecular formula is C42H71O8P. The van der Waals surface area contributed by atoms with Gasteiger partial charge in [0.2, 0.25) is 0 Å². The minimum atomic E-state index is -4.77. The summed E-state index contributed by atoms with van der Waals surface area (Å²) in [5.74, 6) is -0.982. The van der Waals surface area contributed by atoms with Crippen molar-refractivity contribution in [2.24, 2.45) is 0 Å². The Balaban J connectivity index is 4.02. The highest BCUT2D eigenvalue weighted by atomic mass is 31.2. The molecule has 1 unspecified atom stereocenters. The molecule has 0 aromatic heterocycles. The highest BCUT2D eigenvalue weighted by molar-refractivity contribution is 7.46. The predicted octanol–water partition coefficient (Wildman–Crippen LogP) is 11.9. The van der Waals surface area contributed by atoms with Crippen molar-refractivity contribution < 1.29 is 37.9 Å². The van der Waals surface area contributed by atoms with Crippen LogP contribution in [0.5, 0.6) is 0 Å². The van der Waals surface area contributed by atoms with Gasteiger partial charge in [0.15, 0.2) is 6.10 Å². The first-order chi connectivity index (χ1) is 24.8. The number of hydrogen-bond acceptors (Lipinski definition) is 6. The largest absolute Gasteiger partial charge is 0.469 e. The monoisotopic (exact) mass is 734 g/mol. The van der Waals surface area contributed by atoms with E-state index in [0.29, 0.717) is 12.8 Å².